The van der Waals surface area contributed by atoms with Crippen molar-refractivity contribution >= 4 is 17.4 Å². The lowest BCUT2D eigenvalue weighted by Crippen LogP contribution is -2.41. The molecular weight excluding hydrogens is 330 g/mol. The van der Waals surface area contributed by atoms with Crippen LogP contribution in [0.15, 0.2) is 30.6 Å². The van der Waals surface area contributed by atoms with E-state index in [2.05, 4.69) is 31.6 Å². The number of anilines is 2. The average Bonchev–Trinajstić information content (AvgIpc) is 2.62. The smallest absolute Gasteiger partial charge is 0.271 e. The van der Waals surface area contributed by atoms with Gasteiger partial charge in [-0.05, 0) is 37.1 Å². The van der Waals surface area contributed by atoms with E-state index in [-0.39, 0.29) is 5.91 Å². The molecule has 0 atom stereocenters. The molecule has 0 radical (unpaired) electrons. The standard InChI is InChI=1S/C19H25N5O2/c1-14-9-15(2)11-16(10-14)23-18-13-21-17(12-22-18)19(25)20-3-4-24-5-7-26-8-6-24/h9-13H,3-8H2,1-2H3,(H,20,25)(H,22,23). The number of aromatic nitrogens is 2. The van der Waals surface area contributed by atoms with Gasteiger partial charge in [0.15, 0.2) is 0 Å². The summed E-state index contributed by atoms with van der Waals surface area (Å²) in [5.74, 6) is 0.406. The van der Waals surface area contributed by atoms with Gasteiger partial charge in [-0.15, -0.1) is 0 Å². The van der Waals surface area contributed by atoms with Crippen LogP contribution in [-0.4, -0.2) is 60.2 Å². The molecule has 1 aromatic heterocycles. The lowest BCUT2D eigenvalue weighted by Gasteiger charge is -2.26. The summed E-state index contributed by atoms with van der Waals surface area (Å²) in [6.45, 7) is 8.84. The lowest BCUT2D eigenvalue weighted by atomic mass is 10.1. The number of nitrogens with one attached hydrogen (secondary N) is 2. The van der Waals surface area contributed by atoms with Crippen molar-refractivity contribution in [2.75, 3.05) is 44.7 Å². The fourth-order valence-electron chi connectivity index (χ4n) is 2.95. The Labute approximate surface area is 153 Å². The summed E-state index contributed by atoms with van der Waals surface area (Å²) in [4.78, 5) is 22.9. The number of hydrogen-bond donors (Lipinski definition) is 2. The van der Waals surface area contributed by atoms with E-state index in [1.807, 2.05) is 26.0 Å². The SMILES string of the molecule is Cc1cc(C)cc(Nc2cnc(C(=O)NCCN3CCOCC3)cn2)c1. The maximum Gasteiger partial charge on any atom is 0.271 e. The van der Waals surface area contributed by atoms with Crippen LogP contribution in [0.3, 0.4) is 0 Å². The predicted octanol–water partition coefficient (Wildman–Crippen LogP) is 1.90. The minimum absolute atomic E-state index is 0.205. The van der Waals surface area contributed by atoms with Crippen molar-refractivity contribution in [2.24, 2.45) is 0 Å². The van der Waals surface area contributed by atoms with Gasteiger partial charge in [0.05, 0.1) is 25.6 Å². The van der Waals surface area contributed by atoms with Gasteiger partial charge in [-0.25, -0.2) is 9.97 Å². The van der Waals surface area contributed by atoms with Gasteiger partial charge < -0.3 is 15.4 Å². The Bertz CT molecular complexity index is 722. The van der Waals surface area contributed by atoms with Crippen LogP contribution in [0, 0.1) is 13.8 Å². The molecule has 0 saturated carbocycles. The Hall–Kier alpha value is -2.51. The Kier molecular flexibility index (Phi) is 6.14. The number of benzene rings is 1. The van der Waals surface area contributed by atoms with Gasteiger partial charge in [-0.1, -0.05) is 6.07 Å². The molecule has 7 nitrogen and oxygen atoms in total. The number of morpholine rings is 1. The topological polar surface area (TPSA) is 79.4 Å². The Morgan fingerprint density at radius 1 is 1.12 bits per heavy atom. The van der Waals surface area contributed by atoms with E-state index < -0.39 is 0 Å². The first-order valence-electron chi connectivity index (χ1n) is 8.86. The van der Waals surface area contributed by atoms with Crippen LogP contribution in [0.4, 0.5) is 11.5 Å². The maximum absolute atomic E-state index is 12.2. The summed E-state index contributed by atoms with van der Waals surface area (Å²) >= 11 is 0. The summed E-state index contributed by atoms with van der Waals surface area (Å²) < 4.78 is 5.31. The minimum atomic E-state index is -0.205. The summed E-state index contributed by atoms with van der Waals surface area (Å²) in [7, 11) is 0. The van der Waals surface area contributed by atoms with E-state index in [0.29, 0.717) is 18.1 Å². The van der Waals surface area contributed by atoms with Crippen LogP contribution < -0.4 is 10.6 Å². The molecule has 2 aromatic rings. The van der Waals surface area contributed by atoms with Crippen molar-refractivity contribution in [1.82, 2.24) is 20.2 Å². The van der Waals surface area contributed by atoms with E-state index in [1.165, 1.54) is 17.3 Å². The zero-order valence-electron chi connectivity index (χ0n) is 15.3. The molecule has 26 heavy (non-hydrogen) atoms. The molecule has 1 aliphatic rings. The number of rotatable bonds is 6. The first-order valence-corrected chi connectivity index (χ1v) is 8.86. The van der Waals surface area contributed by atoms with E-state index in [0.717, 1.165) is 38.5 Å². The molecule has 1 aliphatic heterocycles. The highest BCUT2D eigenvalue weighted by molar-refractivity contribution is 5.92. The molecule has 0 unspecified atom stereocenters. The maximum atomic E-state index is 12.2. The third-order valence-electron chi connectivity index (χ3n) is 4.20. The number of hydrogen-bond acceptors (Lipinski definition) is 6. The monoisotopic (exact) mass is 355 g/mol. The summed E-state index contributed by atoms with van der Waals surface area (Å²) in [5, 5.41) is 6.10. The molecule has 0 spiro atoms. The number of nitrogens with zero attached hydrogens (tertiary/aromatic N) is 3. The molecule has 1 fully saturated rings. The highest BCUT2D eigenvalue weighted by Gasteiger charge is 2.12. The van der Waals surface area contributed by atoms with Crippen LogP contribution in [0.1, 0.15) is 21.6 Å². The lowest BCUT2D eigenvalue weighted by molar-refractivity contribution is 0.0383. The number of carbonyl (C=O) groups is 1. The van der Waals surface area contributed by atoms with Crippen molar-refractivity contribution in [2.45, 2.75) is 13.8 Å². The molecule has 2 heterocycles. The molecule has 2 N–H and O–H groups in total. The van der Waals surface area contributed by atoms with Crippen LogP contribution in [-0.2, 0) is 4.74 Å². The third-order valence-corrected chi connectivity index (χ3v) is 4.20. The Balaban J connectivity index is 1.50. The summed E-state index contributed by atoms with van der Waals surface area (Å²) in [5.41, 5.74) is 3.63. The normalized spacial score (nSPS) is 14.8. The second kappa shape index (κ2) is 8.73. The second-order valence-corrected chi connectivity index (χ2v) is 6.50. The van der Waals surface area contributed by atoms with Crippen LogP contribution >= 0.6 is 0 Å². The van der Waals surface area contributed by atoms with Gasteiger partial charge in [-0.3, -0.25) is 9.69 Å². The number of aryl methyl sites for hydroxylation is 2. The first kappa shape index (κ1) is 18.3. The van der Waals surface area contributed by atoms with Gasteiger partial charge in [0.25, 0.3) is 5.91 Å². The molecule has 1 saturated heterocycles. The van der Waals surface area contributed by atoms with E-state index in [1.54, 1.807) is 6.20 Å². The number of ether oxygens (including phenoxy) is 1. The van der Waals surface area contributed by atoms with Crippen molar-refractivity contribution in [3.05, 3.63) is 47.4 Å². The van der Waals surface area contributed by atoms with Crippen LogP contribution in [0.5, 0.6) is 0 Å². The first-order chi connectivity index (χ1) is 12.6. The molecule has 7 heteroatoms. The minimum Gasteiger partial charge on any atom is -0.379 e. The van der Waals surface area contributed by atoms with E-state index >= 15 is 0 Å². The summed E-state index contributed by atoms with van der Waals surface area (Å²) in [6.07, 6.45) is 3.07. The molecular formula is C19H25N5O2. The molecule has 1 amide bonds. The number of amides is 1. The largest absolute Gasteiger partial charge is 0.379 e. The van der Waals surface area contributed by atoms with Gasteiger partial charge in [0.1, 0.15) is 11.5 Å². The number of carbonyl (C=O) groups excluding carboxylic acids is 1. The summed E-state index contributed by atoms with van der Waals surface area (Å²) in [6, 6.07) is 6.20. The van der Waals surface area contributed by atoms with Gasteiger partial charge in [0.2, 0.25) is 0 Å². The average molecular weight is 355 g/mol. The quantitative estimate of drug-likeness (QED) is 0.824. The molecule has 0 aliphatic carbocycles. The van der Waals surface area contributed by atoms with Gasteiger partial charge in [0, 0.05) is 31.9 Å². The molecule has 1 aromatic carbocycles. The molecule has 0 bridgehead atoms. The predicted molar refractivity (Wildman–Crippen MR) is 101 cm³/mol. The van der Waals surface area contributed by atoms with E-state index in [9.17, 15) is 4.79 Å². The fourth-order valence-corrected chi connectivity index (χ4v) is 2.95. The molecule has 3 rings (SSSR count). The Morgan fingerprint density at radius 2 is 1.85 bits per heavy atom. The van der Waals surface area contributed by atoms with Crippen molar-refractivity contribution < 1.29 is 9.53 Å². The van der Waals surface area contributed by atoms with E-state index in [4.69, 9.17) is 4.74 Å². The zero-order chi connectivity index (χ0) is 18.4. The zero-order valence-corrected chi connectivity index (χ0v) is 15.3. The van der Waals surface area contributed by atoms with Gasteiger partial charge in [-0.2, -0.15) is 0 Å². The highest BCUT2D eigenvalue weighted by atomic mass is 16.5. The van der Waals surface area contributed by atoms with Crippen LogP contribution in [0.2, 0.25) is 0 Å². The van der Waals surface area contributed by atoms with Crippen molar-refractivity contribution in [3.63, 3.8) is 0 Å². The van der Waals surface area contributed by atoms with Crippen molar-refractivity contribution in [3.8, 4) is 0 Å². The Morgan fingerprint density at radius 3 is 2.50 bits per heavy atom. The van der Waals surface area contributed by atoms with Crippen LogP contribution in [0.25, 0.3) is 0 Å². The fraction of sp³-hybridized carbons (Fsp3) is 0.421. The van der Waals surface area contributed by atoms with Gasteiger partial charge >= 0.3 is 0 Å². The molecule has 138 valence electrons. The second-order valence-electron chi connectivity index (χ2n) is 6.50. The van der Waals surface area contributed by atoms with Crippen molar-refractivity contribution in [1.29, 1.82) is 0 Å². The third kappa shape index (κ3) is 5.24. The highest BCUT2D eigenvalue weighted by Crippen LogP contribution is 2.17.